The number of nitrogens with zero attached hydrogens (tertiary/aromatic N) is 1. The highest BCUT2D eigenvalue weighted by Gasteiger charge is 2.11. The third kappa shape index (κ3) is 2.76. The van der Waals surface area contributed by atoms with Crippen LogP contribution in [0, 0.1) is 19.7 Å². The molecule has 0 aliphatic heterocycles. The van der Waals surface area contributed by atoms with E-state index in [2.05, 4.69) is 6.07 Å². The quantitative estimate of drug-likeness (QED) is 0.910. The Hall–Kier alpha value is -1.87. The molecule has 0 saturated carbocycles. The molecule has 2 rings (SSSR count). The van der Waals surface area contributed by atoms with Gasteiger partial charge >= 0.3 is 0 Å². The SMILES string of the molecule is Cc1ccc(N(C)c2ccc(CN)cc2F)c(C)c1. The van der Waals surface area contributed by atoms with Gasteiger partial charge in [0.1, 0.15) is 5.82 Å². The van der Waals surface area contributed by atoms with Crippen LogP contribution >= 0.6 is 0 Å². The molecule has 2 N–H and O–H groups in total. The van der Waals surface area contributed by atoms with Gasteiger partial charge in [0.25, 0.3) is 0 Å². The van der Waals surface area contributed by atoms with Crippen molar-refractivity contribution >= 4 is 11.4 Å². The first-order valence-corrected chi connectivity index (χ1v) is 6.32. The van der Waals surface area contributed by atoms with Crippen LogP contribution in [0.4, 0.5) is 15.8 Å². The fourth-order valence-corrected chi connectivity index (χ4v) is 2.26. The number of benzene rings is 2. The molecule has 100 valence electrons. The molecule has 0 heterocycles. The molecule has 0 atom stereocenters. The van der Waals surface area contributed by atoms with Gasteiger partial charge < -0.3 is 10.6 Å². The summed E-state index contributed by atoms with van der Waals surface area (Å²) in [5, 5.41) is 0. The van der Waals surface area contributed by atoms with E-state index in [0.717, 1.165) is 16.8 Å². The zero-order chi connectivity index (χ0) is 14.0. The smallest absolute Gasteiger partial charge is 0.147 e. The molecule has 2 aromatic rings. The summed E-state index contributed by atoms with van der Waals surface area (Å²) in [5.41, 5.74) is 10.2. The summed E-state index contributed by atoms with van der Waals surface area (Å²) in [6.45, 7) is 4.43. The summed E-state index contributed by atoms with van der Waals surface area (Å²) >= 11 is 0. The first-order valence-electron chi connectivity index (χ1n) is 6.32. The lowest BCUT2D eigenvalue weighted by Gasteiger charge is -2.22. The lowest BCUT2D eigenvalue weighted by Crippen LogP contribution is -2.13. The van der Waals surface area contributed by atoms with E-state index >= 15 is 0 Å². The molecule has 2 aromatic carbocycles. The van der Waals surface area contributed by atoms with Crippen LogP contribution < -0.4 is 10.6 Å². The molecular formula is C16H19FN2. The first kappa shape index (κ1) is 13.6. The minimum atomic E-state index is -0.245. The molecule has 19 heavy (non-hydrogen) atoms. The number of nitrogens with two attached hydrogens (primary N) is 1. The number of aryl methyl sites for hydroxylation is 2. The second-order valence-electron chi connectivity index (χ2n) is 4.84. The monoisotopic (exact) mass is 258 g/mol. The highest BCUT2D eigenvalue weighted by atomic mass is 19.1. The summed E-state index contributed by atoms with van der Waals surface area (Å²) < 4.78 is 14.1. The Kier molecular flexibility index (Phi) is 3.86. The number of anilines is 2. The van der Waals surface area contributed by atoms with E-state index in [-0.39, 0.29) is 5.82 Å². The van der Waals surface area contributed by atoms with E-state index in [1.807, 2.05) is 44.0 Å². The predicted octanol–water partition coefficient (Wildman–Crippen LogP) is 3.67. The van der Waals surface area contributed by atoms with Gasteiger partial charge in [0.2, 0.25) is 0 Å². The van der Waals surface area contributed by atoms with Gasteiger partial charge in [0, 0.05) is 19.3 Å². The van der Waals surface area contributed by atoms with E-state index in [1.54, 1.807) is 6.07 Å². The van der Waals surface area contributed by atoms with E-state index in [1.165, 1.54) is 11.6 Å². The molecule has 0 aliphatic carbocycles. The maximum atomic E-state index is 14.1. The van der Waals surface area contributed by atoms with Crippen LogP contribution in [-0.2, 0) is 6.54 Å². The van der Waals surface area contributed by atoms with Crippen LogP contribution in [0.1, 0.15) is 16.7 Å². The van der Waals surface area contributed by atoms with Gasteiger partial charge in [-0.2, -0.15) is 0 Å². The molecule has 0 aliphatic rings. The average Bonchev–Trinajstić information content (AvgIpc) is 2.37. The molecule has 0 aromatic heterocycles. The lowest BCUT2D eigenvalue weighted by atomic mass is 10.1. The highest BCUT2D eigenvalue weighted by molar-refractivity contribution is 5.66. The Balaban J connectivity index is 2.41. The van der Waals surface area contributed by atoms with Gasteiger partial charge in [0.05, 0.1) is 5.69 Å². The predicted molar refractivity (Wildman–Crippen MR) is 78.3 cm³/mol. The van der Waals surface area contributed by atoms with E-state index in [9.17, 15) is 4.39 Å². The first-order chi connectivity index (χ1) is 9.02. The standard InChI is InChI=1S/C16H19FN2/c1-11-4-6-15(12(2)8-11)19(3)16-7-5-13(10-18)9-14(16)17/h4-9H,10,18H2,1-3H3. The maximum Gasteiger partial charge on any atom is 0.147 e. The Morgan fingerprint density at radius 2 is 1.74 bits per heavy atom. The Labute approximate surface area is 113 Å². The van der Waals surface area contributed by atoms with Crippen LogP contribution in [0.25, 0.3) is 0 Å². The van der Waals surface area contributed by atoms with Crippen molar-refractivity contribution in [3.63, 3.8) is 0 Å². The minimum absolute atomic E-state index is 0.245. The van der Waals surface area contributed by atoms with Crippen molar-refractivity contribution in [2.24, 2.45) is 5.73 Å². The van der Waals surface area contributed by atoms with E-state index < -0.39 is 0 Å². The maximum absolute atomic E-state index is 14.1. The second kappa shape index (κ2) is 5.41. The summed E-state index contributed by atoms with van der Waals surface area (Å²) in [6, 6.07) is 11.3. The van der Waals surface area contributed by atoms with Crippen molar-refractivity contribution in [2.75, 3.05) is 11.9 Å². The van der Waals surface area contributed by atoms with Crippen LogP contribution in [0.2, 0.25) is 0 Å². The van der Waals surface area contributed by atoms with Crippen LogP contribution in [-0.4, -0.2) is 7.05 Å². The minimum Gasteiger partial charge on any atom is -0.342 e. The summed E-state index contributed by atoms with van der Waals surface area (Å²) in [6.07, 6.45) is 0. The van der Waals surface area contributed by atoms with Crippen molar-refractivity contribution < 1.29 is 4.39 Å². The van der Waals surface area contributed by atoms with Gasteiger partial charge in [-0.3, -0.25) is 0 Å². The van der Waals surface area contributed by atoms with Gasteiger partial charge in [-0.05, 0) is 43.2 Å². The molecule has 0 unspecified atom stereocenters. The fourth-order valence-electron chi connectivity index (χ4n) is 2.26. The third-order valence-corrected chi connectivity index (χ3v) is 3.32. The Morgan fingerprint density at radius 1 is 1.05 bits per heavy atom. The molecule has 0 amide bonds. The third-order valence-electron chi connectivity index (χ3n) is 3.32. The van der Waals surface area contributed by atoms with Crippen molar-refractivity contribution in [3.8, 4) is 0 Å². The summed E-state index contributed by atoms with van der Waals surface area (Å²) in [4.78, 5) is 1.87. The molecule has 0 saturated heterocycles. The lowest BCUT2D eigenvalue weighted by molar-refractivity contribution is 0.625. The van der Waals surface area contributed by atoms with Crippen molar-refractivity contribution in [1.82, 2.24) is 0 Å². The molecule has 0 spiro atoms. The van der Waals surface area contributed by atoms with Crippen LogP contribution in [0.3, 0.4) is 0 Å². The van der Waals surface area contributed by atoms with Gasteiger partial charge in [-0.15, -0.1) is 0 Å². The molecular weight excluding hydrogens is 239 g/mol. The highest BCUT2D eigenvalue weighted by Crippen LogP contribution is 2.29. The van der Waals surface area contributed by atoms with E-state index in [0.29, 0.717) is 12.2 Å². The number of hydrogen-bond donors (Lipinski definition) is 1. The summed E-state index contributed by atoms with van der Waals surface area (Å²) in [7, 11) is 1.87. The van der Waals surface area contributed by atoms with Crippen molar-refractivity contribution in [1.29, 1.82) is 0 Å². The number of rotatable bonds is 3. The average molecular weight is 258 g/mol. The van der Waals surface area contributed by atoms with Gasteiger partial charge in [-0.25, -0.2) is 4.39 Å². The van der Waals surface area contributed by atoms with E-state index in [4.69, 9.17) is 5.73 Å². The number of halogens is 1. The molecule has 0 radical (unpaired) electrons. The normalized spacial score (nSPS) is 10.6. The van der Waals surface area contributed by atoms with Gasteiger partial charge in [0.15, 0.2) is 0 Å². The van der Waals surface area contributed by atoms with Crippen molar-refractivity contribution in [2.45, 2.75) is 20.4 Å². The zero-order valence-corrected chi connectivity index (χ0v) is 11.6. The molecule has 3 heteroatoms. The topological polar surface area (TPSA) is 29.3 Å². The largest absolute Gasteiger partial charge is 0.342 e. The van der Waals surface area contributed by atoms with Gasteiger partial charge in [-0.1, -0.05) is 23.8 Å². The fraction of sp³-hybridized carbons (Fsp3) is 0.250. The van der Waals surface area contributed by atoms with Crippen LogP contribution in [0.5, 0.6) is 0 Å². The Morgan fingerprint density at radius 3 is 2.32 bits per heavy atom. The van der Waals surface area contributed by atoms with Crippen LogP contribution in [0.15, 0.2) is 36.4 Å². The molecule has 2 nitrogen and oxygen atoms in total. The summed E-state index contributed by atoms with van der Waals surface area (Å²) in [5.74, 6) is -0.245. The van der Waals surface area contributed by atoms with Crippen molar-refractivity contribution in [3.05, 3.63) is 58.9 Å². The molecule has 0 bridgehead atoms. The zero-order valence-electron chi connectivity index (χ0n) is 11.6. The Bertz CT molecular complexity index is 593. The second-order valence-corrected chi connectivity index (χ2v) is 4.84. The molecule has 0 fully saturated rings. The number of hydrogen-bond acceptors (Lipinski definition) is 2.